The van der Waals surface area contributed by atoms with E-state index in [9.17, 15) is 28.8 Å². The molecule has 0 amide bonds. The summed E-state index contributed by atoms with van der Waals surface area (Å²) in [6, 6.07) is 0. The number of H-pyrrole nitrogens is 2. The molecule has 0 saturated heterocycles. The highest BCUT2D eigenvalue weighted by Crippen LogP contribution is 1.95. The van der Waals surface area contributed by atoms with Gasteiger partial charge in [0.05, 0.1) is 13.2 Å². The van der Waals surface area contributed by atoms with Crippen molar-refractivity contribution < 1.29 is 19.1 Å². The summed E-state index contributed by atoms with van der Waals surface area (Å²) in [7, 11) is 0. The number of esters is 2. The molecule has 0 saturated carbocycles. The Balaban J connectivity index is 1.67. The lowest BCUT2D eigenvalue weighted by Crippen LogP contribution is -2.33. The summed E-state index contributed by atoms with van der Waals surface area (Å²) in [5.41, 5.74) is -1.84. The monoisotopic (exact) mass is 422 g/mol. The van der Waals surface area contributed by atoms with E-state index in [0.29, 0.717) is 24.0 Å². The van der Waals surface area contributed by atoms with Crippen molar-refractivity contribution in [3.8, 4) is 0 Å². The number of hydrogen-bond acceptors (Lipinski definition) is 8. The Bertz CT molecular complexity index is 1060. The molecule has 0 aliphatic heterocycles. The van der Waals surface area contributed by atoms with Crippen LogP contribution in [0.25, 0.3) is 0 Å². The quantitative estimate of drug-likeness (QED) is 0.367. The fraction of sp³-hybridized carbons (Fsp3) is 0.444. The van der Waals surface area contributed by atoms with Crippen molar-refractivity contribution in [3.05, 3.63) is 65.2 Å². The Morgan fingerprint density at radius 2 is 1.13 bits per heavy atom. The standard InChI is InChI=1S/C18H22N4O8/c1-11-7-21(17(27)19-15(11)25)9-13(23)29-5-3-4-6-30-14(24)10-22-8-12(2)16(26)20-18(22)28/h7-8H,3-6,9-10H2,1-2H3,(H,19,25,27)(H,20,26,28). The van der Waals surface area contributed by atoms with Crippen molar-refractivity contribution in [3.63, 3.8) is 0 Å². The maximum atomic E-state index is 11.8. The minimum Gasteiger partial charge on any atom is -0.464 e. The molecule has 30 heavy (non-hydrogen) atoms. The third-order valence-corrected chi connectivity index (χ3v) is 4.04. The maximum Gasteiger partial charge on any atom is 0.328 e. The van der Waals surface area contributed by atoms with Crippen LogP contribution in [0, 0.1) is 13.8 Å². The van der Waals surface area contributed by atoms with Crippen molar-refractivity contribution >= 4 is 11.9 Å². The Kier molecular flexibility index (Phi) is 7.67. The predicted molar refractivity (Wildman–Crippen MR) is 103 cm³/mol. The first kappa shape index (κ1) is 22.6. The zero-order chi connectivity index (χ0) is 22.3. The van der Waals surface area contributed by atoms with Crippen LogP contribution in [0.15, 0.2) is 31.6 Å². The van der Waals surface area contributed by atoms with Crippen LogP contribution in [0.1, 0.15) is 24.0 Å². The SMILES string of the molecule is Cc1cn(CC(=O)OCCCCOC(=O)Cn2cc(C)c(=O)[nH]c2=O)c(=O)[nH]c1=O. The molecule has 162 valence electrons. The molecule has 0 fully saturated rings. The van der Waals surface area contributed by atoms with Gasteiger partial charge in [0.2, 0.25) is 0 Å². The number of carbonyl (C=O) groups is 2. The van der Waals surface area contributed by atoms with E-state index in [0.717, 1.165) is 9.13 Å². The number of unbranched alkanes of at least 4 members (excludes halogenated alkanes) is 1. The molecule has 12 heteroatoms. The molecule has 2 heterocycles. The molecule has 0 aliphatic carbocycles. The first-order valence-electron chi connectivity index (χ1n) is 9.09. The number of nitrogens with zero attached hydrogens (tertiary/aromatic N) is 2. The average Bonchev–Trinajstić information content (AvgIpc) is 2.67. The lowest BCUT2D eigenvalue weighted by molar-refractivity contribution is -0.147. The molecule has 12 nitrogen and oxygen atoms in total. The first-order chi connectivity index (χ1) is 14.2. The van der Waals surface area contributed by atoms with Gasteiger partial charge in [-0.3, -0.25) is 38.3 Å². The summed E-state index contributed by atoms with van der Waals surface area (Å²) in [5.74, 6) is -1.29. The minimum absolute atomic E-state index is 0.0616. The van der Waals surface area contributed by atoms with Crippen molar-refractivity contribution in [2.75, 3.05) is 13.2 Å². The summed E-state index contributed by atoms with van der Waals surface area (Å²) >= 11 is 0. The van der Waals surface area contributed by atoms with Gasteiger partial charge in [-0.1, -0.05) is 0 Å². The van der Waals surface area contributed by atoms with Gasteiger partial charge in [-0.2, -0.15) is 0 Å². The van der Waals surface area contributed by atoms with Crippen LogP contribution in [-0.2, 0) is 32.2 Å². The highest BCUT2D eigenvalue weighted by Gasteiger charge is 2.09. The summed E-state index contributed by atoms with van der Waals surface area (Å²) in [6.07, 6.45) is 3.38. The first-order valence-corrected chi connectivity index (χ1v) is 9.09. The van der Waals surface area contributed by atoms with Crippen LogP contribution in [0.4, 0.5) is 0 Å². The van der Waals surface area contributed by atoms with E-state index in [-0.39, 0.29) is 26.3 Å². The zero-order valence-electron chi connectivity index (χ0n) is 16.6. The van der Waals surface area contributed by atoms with Crippen molar-refractivity contribution in [2.24, 2.45) is 0 Å². The van der Waals surface area contributed by atoms with Gasteiger partial charge in [-0.25, -0.2) is 9.59 Å². The third kappa shape index (κ3) is 6.43. The van der Waals surface area contributed by atoms with E-state index in [1.165, 1.54) is 26.2 Å². The summed E-state index contributed by atoms with van der Waals surface area (Å²) in [4.78, 5) is 73.5. The lowest BCUT2D eigenvalue weighted by atomic mass is 10.3. The van der Waals surface area contributed by atoms with Crippen molar-refractivity contribution in [1.29, 1.82) is 0 Å². The topological polar surface area (TPSA) is 162 Å². The lowest BCUT2D eigenvalue weighted by Gasteiger charge is -2.08. The molecular weight excluding hydrogens is 400 g/mol. The normalized spacial score (nSPS) is 10.6. The molecular formula is C18H22N4O8. The number of aryl methyl sites for hydroxylation is 2. The highest BCUT2D eigenvalue weighted by molar-refractivity contribution is 5.69. The smallest absolute Gasteiger partial charge is 0.328 e. The predicted octanol–water partition coefficient (Wildman–Crippen LogP) is -1.43. The molecule has 0 aromatic carbocycles. The number of carbonyl (C=O) groups excluding carboxylic acids is 2. The average molecular weight is 422 g/mol. The van der Waals surface area contributed by atoms with Crippen LogP contribution < -0.4 is 22.5 Å². The molecule has 0 aliphatic rings. The van der Waals surface area contributed by atoms with Crippen LogP contribution in [0.2, 0.25) is 0 Å². The second kappa shape index (κ2) is 10.2. The Hall–Kier alpha value is -3.70. The van der Waals surface area contributed by atoms with E-state index in [2.05, 4.69) is 9.97 Å². The largest absolute Gasteiger partial charge is 0.464 e. The van der Waals surface area contributed by atoms with E-state index < -0.39 is 34.4 Å². The number of ether oxygens (including phenoxy) is 2. The molecule has 0 radical (unpaired) electrons. The van der Waals surface area contributed by atoms with Gasteiger partial charge in [0.15, 0.2) is 0 Å². The third-order valence-electron chi connectivity index (χ3n) is 4.04. The van der Waals surface area contributed by atoms with Crippen LogP contribution in [0.5, 0.6) is 0 Å². The zero-order valence-corrected chi connectivity index (χ0v) is 16.6. The number of aromatic nitrogens is 4. The number of hydrogen-bond donors (Lipinski definition) is 2. The second-order valence-electron chi connectivity index (χ2n) is 6.55. The van der Waals surface area contributed by atoms with Gasteiger partial charge in [0.25, 0.3) is 11.1 Å². The highest BCUT2D eigenvalue weighted by atomic mass is 16.5. The summed E-state index contributed by atoms with van der Waals surface area (Å²) < 4.78 is 12.1. The molecule has 0 atom stereocenters. The van der Waals surface area contributed by atoms with E-state index in [1.54, 1.807) is 0 Å². The van der Waals surface area contributed by atoms with Gasteiger partial charge in [0.1, 0.15) is 13.1 Å². The fourth-order valence-corrected chi connectivity index (χ4v) is 2.42. The Labute approximate surface area is 169 Å². The number of aromatic amines is 2. The van der Waals surface area contributed by atoms with Gasteiger partial charge in [-0.05, 0) is 26.7 Å². The molecule has 0 bridgehead atoms. The van der Waals surface area contributed by atoms with Crippen LogP contribution >= 0.6 is 0 Å². The molecule has 0 unspecified atom stereocenters. The molecule has 2 aromatic rings. The fourth-order valence-electron chi connectivity index (χ4n) is 2.42. The van der Waals surface area contributed by atoms with Gasteiger partial charge in [0, 0.05) is 23.5 Å². The van der Waals surface area contributed by atoms with E-state index in [1.807, 2.05) is 0 Å². The van der Waals surface area contributed by atoms with E-state index in [4.69, 9.17) is 9.47 Å². The van der Waals surface area contributed by atoms with Crippen LogP contribution in [-0.4, -0.2) is 44.3 Å². The molecule has 2 aromatic heterocycles. The van der Waals surface area contributed by atoms with Gasteiger partial charge in [-0.15, -0.1) is 0 Å². The number of nitrogens with one attached hydrogen (secondary N) is 2. The Morgan fingerprint density at radius 3 is 1.50 bits per heavy atom. The maximum absolute atomic E-state index is 11.8. The van der Waals surface area contributed by atoms with Gasteiger partial charge < -0.3 is 9.47 Å². The molecule has 2 N–H and O–H groups in total. The Morgan fingerprint density at radius 1 is 0.767 bits per heavy atom. The molecule has 0 spiro atoms. The summed E-state index contributed by atoms with van der Waals surface area (Å²) in [6.45, 7) is 2.47. The van der Waals surface area contributed by atoms with Crippen molar-refractivity contribution in [1.82, 2.24) is 19.1 Å². The van der Waals surface area contributed by atoms with Crippen molar-refractivity contribution in [2.45, 2.75) is 39.8 Å². The van der Waals surface area contributed by atoms with Gasteiger partial charge >= 0.3 is 23.3 Å². The second-order valence-corrected chi connectivity index (χ2v) is 6.55. The van der Waals surface area contributed by atoms with Crippen LogP contribution in [0.3, 0.4) is 0 Å². The van der Waals surface area contributed by atoms with E-state index >= 15 is 0 Å². The summed E-state index contributed by atoms with van der Waals surface area (Å²) in [5, 5.41) is 0. The number of rotatable bonds is 9. The minimum atomic E-state index is -0.703. The molecule has 2 rings (SSSR count).